The van der Waals surface area contributed by atoms with E-state index in [1.165, 1.54) is 0 Å². The van der Waals surface area contributed by atoms with Gasteiger partial charge in [0.15, 0.2) is 6.61 Å². The Morgan fingerprint density at radius 1 is 1.10 bits per heavy atom. The fourth-order valence-corrected chi connectivity index (χ4v) is 4.92. The van der Waals surface area contributed by atoms with Crippen LogP contribution in [0.25, 0.3) is 20.3 Å². The first-order chi connectivity index (χ1) is 15.0. The lowest BCUT2D eigenvalue weighted by Crippen LogP contribution is -2.35. The first-order valence-corrected chi connectivity index (χ1v) is 11.4. The number of fused-ring (bicyclic) bond motifs is 3. The maximum absolute atomic E-state index is 12.2. The minimum absolute atomic E-state index is 0.143. The van der Waals surface area contributed by atoms with E-state index in [0.29, 0.717) is 18.0 Å². The molecule has 0 saturated carbocycles. The lowest BCUT2D eigenvalue weighted by atomic mass is 10.2. The summed E-state index contributed by atoms with van der Waals surface area (Å²) in [7, 11) is 0. The summed E-state index contributed by atoms with van der Waals surface area (Å²) in [5, 5.41) is 9.21. The van der Waals surface area contributed by atoms with Crippen molar-refractivity contribution in [3.63, 3.8) is 0 Å². The number of thiazole rings is 1. The molecule has 0 aliphatic rings. The second-order valence-corrected chi connectivity index (χ2v) is 8.84. The summed E-state index contributed by atoms with van der Waals surface area (Å²) >= 11 is 3.19. The molecule has 7 nitrogen and oxygen atoms in total. The van der Waals surface area contributed by atoms with Gasteiger partial charge >= 0.3 is 0 Å². The second kappa shape index (κ2) is 9.32. The second-order valence-electron chi connectivity index (χ2n) is 6.69. The van der Waals surface area contributed by atoms with E-state index in [1.807, 2.05) is 31.4 Å². The van der Waals surface area contributed by atoms with E-state index in [9.17, 15) is 9.59 Å². The zero-order chi connectivity index (χ0) is 21.8. The number of carbonyl (C=O) groups excluding carboxylic acids is 2. The highest BCUT2D eigenvalue weighted by atomic mass is 32.1. The molecule has 0 fully saturated rings. The SMILES string of the molecule is CCOc1ccc(NC(=O)CNC(=O)COc2cc3sc(C)nc3c3sccc23)cc1. The predicted octanol–water partition coefficient (Wildman–Crippen LogP) is 4.35. The molecule has 9 heteroatoms. The van der Waals surface area contributed by atoms with Gasteiger partial charge in [0.25, 0.3) is 5.91 Å². The Morgan fingerprint density at radius 2 is 1.90 bits per heavy atom. The van der Waals surface area contributed by atoms with Gasteiger partial charge < -0.3 is 20.1 Å². The molecule has 4 aromatic rings. The number of ether oxygens (including phenoxy) is 2. The normalized spacial score (nSPS) is 10.9. The van der Waals surface area contributed by atoms with Gasteiger partial charge in [0.1, 0.15) is 11.5 Å². The van der Waals surface area contributed by atoms with Crippen molar-refractivity contribution in [2.75, 3.05) is 25.1 Å². The number of carbonyl (C=O) groups is 2. The first-order valence-electron chi connectivity index (χ1n) is 9.73. The molecule has 0 spiro atoms. The van der Waals surface area contributed by atoms with Gasteiger partial charge in [-0.3, -0.25) is 9.59 Å². The molecule has 31 heavy (non-hydrogen) atoms. The summed E-state index contributed by atoms with van der Waals surface area (Å²) < 4.78 is 13.2. The smallest absolute Gasteiger partial charge is 0.258 e. The molecule has 0 aliphatic carbocycles. The van der Waals surface area contributed by atoms with Crippen LogP contribution in [0.4, 0.5) is 5.69 Å². The molecule has 2 heterocycles. The van der Waals surface area contributed by atoms with E-state index in [-0.39, 0.29) is 25.0 Å². The third-order valence-corrected chi connectivity index (χ3v) is 6.26. The van der Waals surface area contributed by atoms with Crippen molar-refractivity contribution in [2.24, 2.45) is 0 Å². The summed E-state index contributed by atoms with van der Waals surface area (Å²) in [4.78, 5) is 28.9. The van der Waals surface area contributed by atoms with E-state index in [4.69, 9.17) is 9.47 Å². The summed E-state index contributed by atoms with van der Waals surface area (Å²) in [6.45, 7) is 4.14. The Balaban J connectivity index is 1.31. The Bertz CT molecular complexity index is 1230. The van der Waals surface area contributed by atoms with Gasteiger partial charge in [-0.25, -0.2) is 4.98 Å². The zero-order valence-corrected chi connectivity index (χ0v) is 18.7. The topological polar surface area (TPSA) is 89.6 Å². The molecule has 0 atom stereocenters. The molecule has 2 amide bonds. The molecule has 2 aromatic heterocycles. The van der Waals surface area contributed by atoms with Crippen LogP contribution in [0.15, 0.2) is 41.8 Å². The molecule has 2 aromatic carbocycles. The van der Waals surface area contributed by atoms with Crippen molar-refractivity contribution in [3.8, 4) is 11.5 Å². The number of benzene rings is 2. The van der Waals surface area contributed by atoms with Crippen LogP contribution in [-0.4, -0.2) is 36.6 Å². The number of rotatable bonds is 8. The van der Waals surface area contributed by atoms with Gasteiger partial charge in [-0.05, 0) is 49.6 Å². The highest BCUT2D eigenvalue weighted by molar-refractivity contribution is 7.21. The lowest BCUT2D eigenvalue weighted by Gasteiger charge is -2.10. The van der Waals surface area contributed by atoms with E-state index < -0.39 is 0 Å². The van der Waals surface area contributed by atoms with Crippen LogP contribution in [-0.2, 0) is 9.59 Å². The number of aromatic nitrogens is 1. The number of thiophene rings is 1. The fraction of sp³-hybridized carbons (Fsp3) is 0.227. The molecule has 2 N–H and O–H groups in total. The third kappa shape index (κ3) is 4.95. The monoisotopic (exact) mass is 455 g/mol. The van der Waals surface area contributed by atoms with Gasteiger partial charge in [-0.1, -0.05) is 0 Å². The largest absolute Gasteiger partial charge is 0.494 e. The number of hydrogen-bond acceptors (Lipinski definition) is 7. The van der Waals surface area contributed by atoms with Crippen molar-refractivity contribution in [1.29, 1.82) is 0 Å². The van der Waals surface area contributed by atoms with Crippen molar-refractivity contribution < 1.29 is 19.1 Å². The number of nitrogens with one attached hydrogen (secondary N) is 2. The molecule has 4 rings (SSSR count). The van der Waals surface area contributed by atoms with Crippen LogP contribution in [0, 0.1) is 6.92 Å². The molecule has 0 bridgehead atoms. The van der Waals surface area contributed by atoms with Gasteiger partial charge in [-0.2, -0.15) is 0 Å². The molecule has 0 aliphatic heterocycles. The molecular weight excluding hydrogens is 434 g/mol. The predicted molar refractivity (Wildman–Crippen MR) is 124 cm³/mol. The zero-order valence-electron chi connectivity index (χ0n) is 17.1. The minimum Gasteiger partial charge on any atom is -0.494 e. The Hall–Kier alpha value is -3.17. The Kier molecular flexibility index (Phi) is 6.34. The van der Waals surface area contributed by atoms with E-state index in [2.05, 4.69) is 15.6 Å². The van der Waals surface area contributed by atoms with Crippen LogP contribution in [0.3, 0.4) is 0 Å². The standard InChI is InChI=1S/C22H21N3O4S2/c1-3-28-15-6-4-14(5-7-15)25-19(26)11-23-20(27)12-29-17-10-18-21(24-13(2)31-18)22-16(17)8-9-30-22/h4-10H,3,11-12H2,1-2H3,(H,23,27)(H,25,26). The molecular formula is C22H21N3O4S2. The van der Waals surface area contributed by atoms with Gasteiger partial charge in [0.2, 0.25) is 5.91 Å². The maximum Gasteiger partial charge on any atom is 0.258 e. The summed E-state index contributed by atoms with van der Waals surface area (Å²) in [6.07, 6.45) is 0. The first kappa shape index (κ1) is 21.1. The highest BCUT2D eigenvalue weighted by Crippen LogP contribution is 2.38. The van der Waals surface area contributed by atoms with Crippen molar-refractivity contribution in [1.82, 2.24) is 10.3 Å². The molecule has 160 valence electrons. The van der Waals surface area contributed by atoms with Crippen molar-refractivity contribution >= 4 is 60.5 Å². The van der Waals surface area contributed by atoms with Crippen molar-refractivity contribution in [2.45, 2.75) is 13.8 Å². The van der Waals surface area contributed by atoms with E-state index >= 15 is 0 Å². The molecule has 0 radical (unpaired) electrons. The molecule has 0 unspecified atom stereocenters. The maximum atomic E-state index is 12.2. The number of hydrogen-bond donors (Lipinski definition) is 2. The van der Waals surface area contributed by atoms with Crippen LogP contribution in [0.2, 0.25) is 0 Å². The number of anilines is 1. The van der Waals surface area contributed by atoms with Crippen LogP contribution in [0.1, 0.15) is 11.9 Å². The Morgan fingerprint density at radius 3 is 2.68 bits per heavy atom. The average molecular weight is 456 g/mol. The van der Waals surface area contributed by atoms with E-state index in [0.717, 1.165) is 31.1 Å². The number of nitrogens with zero attached hydrogens (tertiary/aromatic N) is 1. The van der Waals surface area contributed by atoms with Crippen LogP contribution < -0.4 is 20.1 Å². The van der Waals surface area contributed by atoms with Gasteiger partial charge in [0.05, 0.1) is 33.1 Å². The van der Waals surface area contributed by atoms with Crippen molar-refractivity contribution in [3.05, 3.63) is 46.8 Å². The summed E-state index contributed by atoms with van der Waals surface area (Å²) in [5.41, 5.74) is 1.60. The van der Waals surface area contributed by atoms with Crippen LogP contribution in [0.5, 0.6) is 11.5 Å². The van der Waals surface area contributed by atoms with Gasteiger partial charge in [0, 0.05) is 17.1 Å². The number of aryl methyl sites for hydroxylation is 1. The van der Waals surface area contributed by atoms with E-state index in [1.54, 1.807) is 46.9 Å². The highest BCUT2D eigenvalue weighted by Gasteiger charge is 2.14. The van der Waals surface area contributed by atoms with Crippen LogP contribution >= 0.6 is 22.7 Å². The summed E-state index contributed by atoms with van der Waals surface area (Å²) in [6, 6.07) is 10.9. The minimum atomic E-state index is -0.370. The third-order valence-electron chi connectivity index (χ3n) is 4.42. The lowest BCUT2D eigenvalue weighted by molar-refractivity contribution is -0.125. The average Bonchev–Trinajstić information content (AvgIpc) is 3.38. The number of amides is 2. The summed E-state index contributed by atoms with van der Waals surface area (Å²) in [5.74, 6) is 0.684. The fourth-order valence-electron chi connectivity index (χ4n) is 3.09. The quantitative estimate of drug-likeness (QED) is 0.412. The Labute approximate surface area is 187 Å². The van der Waals surface area contributed by atoms with Gasteiger partial charge in [-0.15, -0.1) is 22.7 Å². The molecule has 0 saturated heterocycles.